The van der Waals surface area contributed by atoms with Gasteiger partial charge in [0.1, 0.15) is 12.2 Å². The van der Waals surface area contributed by atoms with E-state index in [2.05, 4.69) is 4.79 Å². The van der Waals surface area contributed by atoms with Gasteiger partial charge in [0, 0.05) is 20.2 Å². The summed E-state index contributed by atoms with van der Waals surface area (Å²) in [5.74, 6) is 0.232. The number of hydrogen-bond donors (Lipinski definition) is 1. The summed E-state index contributed by atoms with van der Waals surface area (Å²) in [6.45, 7) is 0. The lowest BCUT2D eigenvalue weighted by atomic mass is 10.1. The molecule has 0 atom stereocenters. The molecular formula is C8H11N3O. The minimum absolute atomic E-state index is 0.232. The van der Waals surface area contributed by atoms with Crippen LogP contribution in [0.5, 0.6) is 0 Å². The molecule has 4 heteroatoms. The van der Waals surface area contributed by atoms with Crippen LogP contribution < -0.4 is 0 Å². The quantitative estimate of drug-likeness (QED) is 0.464. The number of hydrogen-bond acceptors (Lipinski definition) is 2. The molecule has 0 fully saturated rings. The van der Waals surface area contributed by atoms with Crippen molar-refractivity contribution in [3.63, 3.8) is 0 Å². The summed E-state index contributed by atoms with van der Waals surface area (Å²) >= 11 is 0. The zero-order valence-electron chi connectivity index (χ0n) is 7.15. The van der Waals surface area contributed by atoms with Gasteiger partial charge in [0.15, 0.2) is 0 Å². The lowest BCUT2D eigenvalue weighted by Crippen LogP contribution is -2.16. The second-order valence-electron chi connectivity index (χ2n) is 2.83. The first-order chi connectivity index (χ1) is 5.65. The SMILES string of the molecule is CN(C)C1=C(O)CC(=[N+]=[N-])C=C1. The van der Waals surface area contributed by atoms with E-state index >= 15 is 0 Å². The standard InChI is InChI=1S/C8H11N3O/c1-11(2)7-4-3-6(10-9)5-8(7)12/h3-4,12H,5H2,1-2H3. The van der Waals surface area contributed by atoms with Crippen LogP contribution in [0, 0.1) is 0 Å². The smallest absolute Gasteiger partial charge is 0.299 e. The van der Waals surface area contributed by atoms with E-state index in [1.54, 1.807) is 17.1 Å². The van der Waals surface area contributed by atoms with Crippen molar-refractivity contribution in [2.45, 2.75) is 6.42 Å². The summed E-state index contributed by atoms with van der Waals surface area (Å²) in [5, 5.41) is 9.44. The Morgan fingerprint density at radius 3 is 2.58 bits per heavy atom. The first kappa shape index (κ1) is 8.56. The molecule has 0 spiro atoms. The summed E-state index contributed by atoms with van der Waals surface area (Å²) in [5.41, 5.74) is 9.65. The first-order valence-corrected chi connectivity index (χ1v) is 3.63. The van der Waals surface area contributed by atoms with Gasteiger partial charge in [-0.25, -0.2) is 0 Å². The highest BCUT2D eigenvalue weighted by atomic mass is 16.3. The molecular weight excluding hydrogens is 154 g/mol. The average Bonchev–Trinajstić information content (AvgIpc) is 2.03. The summed E-state index contributed by atoms with van der Waals surface area (Å²) in [6.07, 6.45) is 3.68. The van der Waals surface area contributed by atoms with E-state index in [0.29, 0.717) is 12.1 Å². The minimum Gasteiger partial charge on any atom is -0.510 e. The number of aliphatic hydroxyl groups excluding tert-OH is 1. The average molecular weight is 165 g/mol. The fourth-order valence-electron chi connectivity index (χ4n) is 1.07. The Morgan fingerprint density at radius 2 is 2.17 bits per heavy atom. The van der Waals surface area contributed by atoms with Crippen molar-refractivity contribution in [2.24, 2.45) is 0 Å². The molecule has 1 rings (SSSR count). The number of likely N-dealkylation sites (N-methyl/N-ethyl adjacent to an activating group) is 1. The fourth-order valence-corrected chi connectivity index (χ4v) is 1.07. The van der Waals surface area contributed by atoms with E-state index in [9.17, 15) is 5.11 Å². The Hall–Kier alpha value is -1.54. The molecule has 12 heavy (non-hydrogen) atoms. The van der Waals surface area contributed by atoms with E-state index in [0.717, 1.165) is 5.70 Å². The number of nitrogens with zero attached hydrogens (tertiary/aromatic N) is 3. The highest BCUT2D eigenvalue weighted by Gasteiger charge is 2.17. The predicted octanol–water partition coefficient (Wildman–Crippen LogP) is 0.948. The minimum atomic E-state index is 0.232. The van der Waals surface area contributed by atoms with E-state index in [1.807, 2.05) is 14.1 Å². The number of allylic oxidation sites excluding steroid dienone is 3. The van der Waals surface area contributed by atoms with Crippen LogP contribution in [0.2, 0.25) is 0 Å². The molecule has 1 aliphatic rings. The molecule has 0 aliphatic heterocycles. The molecule has 0 heterocycles. The number of rotatable bonds is 1. The van der Waals surface area contributed by atoms with E-state index in [4.69, 9.17) is 5.53 Å². The van der Waals surface area contributed by atoms with Gasteiger partial charge in [-0.1, -0.05) is 0 Å². The maximum Gasteiger partial charge on any atom is 0.299 e. The van der Waals surface area contributed by atoms with Gasteiger partial charge in [-0.3, -0.25) is 0 Å². The zero-order valence-corrected chi connectivity index (χ0v) is 7.15. The molecule has 0 amide bonds. The molecule has 4 nitrogen and oxygen atoms in total. The van der Waals surface area contributed by atoms with Gasteiger partial charge >= 0.3 is 0 Å². The van der Waals surface area contributed by atoms with Crippen LogP contribution in [-0.2, 0) is 0 Å². The number of aliphatic hydroxyl groups is 1. The Bertz CT molecular complexity index is 295. The highest BCUT2D eigenvalue weighted by Crippen LogP contribution is 2.15. The van der Waals surface area contributed by atoms with E-state index in [1.165, 1.54) is 0 Å². The Balaban J connectivity index is 2.95. The Labute approximate surface area is 71.0 Å². The van der Waals surface area contributed by atoms with Gasteiger partial charge in [-0.2, -0.15) is 4.79 Å². The topological polar surface area (TPSA) is 59.9 Å². The fraction of sp³-hybridized carbons (Fsp3) is 0.375. The maximum atomic E-state index is 9.44. The van der Waals surface area contributed by atoms with Crippen LogP contribution in [0.3, 0.4) is 0 Å². The third-order valence-corrected chi connectivity index (χ3v) is 1.69. The van der Waals surface area contributed by atoms with Crippen molar-refractivity contribution < 1.29 is 9.90 Å². The van der Waals surface area contributed by atoms with Crippen molar-refractivity contribution in [3.8, 4) is 0 Å². The second-order valence-corrected chi connectivity index (χ2v) is 2.83. The van der Waals surface area contributed by atoms with Gasteiger partial charge in [0.25, 0.3) is 5.71 Å². The Morgan fingerprint density at radius 1 is 1.50 bits per heavy atom. The van der Waals surface area contributed by atoms with Crippen LogP contribution in [0.25, 0.3) is 5.53 Å². The third-order valence-electron chi connectivity index (χ3n) is 1.69. The van der Waals surface area contributed by atoms with Gasteiger partial charge in [-0.15, -0.1) is 0 Å². The highest BCUT2D eigenvalue weighted by molar-refractivity contribution is 5.93. The summed E-state index contributed by atoms with van der Waals surface area (Å²) in [7, 11) is 3.69. The summed E-state index contributed by atoms with van der Waals surface area (Å²) < 4.78 is 0. The van der Waals surface area contributed by atoms with Gasteiger partial charge < -0.3 is 15.5 Å². The van der Waals surface area contributed by atoms with Crippen molar-refractivity contribution >= 4 is 5.71 Å². The van der Waals surface area contributed by atoms with Gasteiger partial charge in [-0.05, 0) is 6.08 Å². The molecule has 0 saturated heterocycles. The van der Waals surface area contributed by atoms with Gasteiger partial charge in [0.05, 0.1) is 5.70 Å². The molecule has 1 aliphatic carbocycles. The summed E-state index contributed by atoms with van der Waals surface area (Å²) in [6, 6.07) is 0. The monoisotopic (exact) mass is 165 g/mol. The Kier molecular flexibility index (Phi) is 2.31. The largest absolute Gasteiger partial charge is 0.510 e. The van der Waals surface area contributed by atoms with Gasteiger partial charge in [0.2, 0.25) is 0 Å². The van der Waals surface area contributed by atoms with Crippen molar-refractivity contribution in [1.82, 2.24) is 4.90 Å². The van der Waals surface area contributed by atoms with E-state index in [-0.39, 0.29) is 5.76 Å². The molecule has 0 aromatic rings. The van der Waals surface area contributed by atoms with E-state index < -0.39 is 0 Å². The normalized spacial score (nSPS) is 16.3. The van der Waals surface area contributed by atoms with Crippen LogP contribution in [-0.4, -0.2) is 34.6 Å². The second kappa shape index (κ2) is 3.24. The van der Waals surface area contributed by atoms with Crippen LogP contribution in [0.15, 0.2) is 23.6 Å². The molecule has 0 bridgehead atoms. The van der Waals surface area contributed by atoms with Crippen molar-refractivity contribution in [2.75, 3.05) is 14.1 Å². The third kappa shape index (κ3) is 1.54. The lowest BCUT2D eigenvalue weighted by Gasteiger charge is -2.16. The molecule has 0 aromatic heterocycles. The predicted molar refractivity (Wildman–Crippen MR) is 45.7 cm³/mol. The molecule has 0 aromatic carbocycles. The lowest BCUT2D eigenvalue weighted by molar-refractivity contribution is -0.00647. The van der Waals surface area contributed by atoms with Crippen molar-refractivity contribution in [3.05, 3.63) is 29.1 Å². The molecule has 0 unspecified atom stereocenters. The van der Waals surface area contributed by atoms with Crippen LogP contribution in [0.1, 0.15) is 6.42 Å². The molecule has 0 saturated carbocycles. The zero-order chi connectivity index (χ0) is 9.14. The van der Waals surface area contributed by atoms with Crippen molar-refractivity contribution in [1.29, 1.82) is 0 Å². The molecule has 1 N–H and O–H groups in total. The van der Waals surface area contributed by atoms with Crippen LogP contribution in [0.4, 0.5) is 0 Å². The van der Waals surface area contributed by atoms with Crippen LogP contribution >= 0.6 is 0 Å². The maximum absolute atomic E-state index is 9.44. The molecule has 64 valence electrons. The summed E-state index contributed by atoms with van der Waals surface area (Å²) in [4.78, 5) is 4.81. The first-order valence-electron chi connectivity index (χ1n) is 3.63. The molecule has 0 radical (unpaired) electrons.